The molecule has 2 aliphatic rings. The highest BCUT2D eigenvalue weighted by atomic mass is 32.2. The number of nitrogens with one attached hydrogen (secondary N) is 1. The molecule has 1 aliphatic heterocycles. The molecule has 1 aromatic rings. The van der Waals surface area contributed by atoms with E-state index in [1.54, 1.807) is 0 Å². The van der Waals surface area contributed by atoms with Gasteiger partial charge in [0.25, 0.3) is 5.91 Å². The molecule has 1 heterocycles. The first-order valence-electron chi connectivity index (χ1n) is 8.87. The molecule has 2 fully saturated rings. The van der Waals surface area contributed by atoms with Crippen LogP contribution < -0.4 is 5.32 Å². The van der Waals surface area contributed by atoms with Gasteiger partial charge in [0.2, 0.25) is 5.91 Å². The second kappa shape index (κ2) is 8.06. The maximum Gasteiger partial charge on any atom is 0.251 e. The van der Waals surface area contributed by atoms with Gasteiger partial charge in [0.05, 0.1) is 0 Å². The number of carbonyl (C=O) groups excluding carboxylic acids is 2. The van der Waals surface area contributed by atoms with Crippen molar-refractivity contribution in [2.24, 2.45) is 5.92 Å². The summed E-state index contributed by atoms with van der Waals surface area (Å²) in [5.74, 6) is 2.61. The monoisotopic (exact) mass is 346 g/mol. The van der Waals surface area contributed by atoms with Crippen LogP contribution in [-0.4, -0.2) is 47.4 Å². The molecule has 5 heteroatoms. The number of rotatable bonds is 3. The molecule has 1 aromatic carbocycles. The van der Waals surface area contributed by atoms with Crippen LogP contribution >= 0.6 is 11.8 Å². The molecule has 24 heavy (non-hydrogen) atoms. The van der Waals surface area contributed by atoms with Gasteiger partial charge in [-0.3, -0.25) is 9.59 Å². The van der Waals surface area contributed by atoms with Crippen molar-refractivity contribution in [3.63, 3.8) is 0 Å². The maximum absolute atomic E-state index is 12.6. The zero-order valence-electron chi connectivity index (χ0n) is 14.3. The van der Waals surface area contributed by atoms with Crippen LogP contribution in [0.25, 0.3) is 0 Å². The fraction of sp³-hybridized carbons (Fsp3) is 0.579. The lowest BCUT2D eigenvalue weighted by atomic mass is 9.85. The average Bonchev–Trinajstić information content (AvgIpc) is 2.63. The standard InChI is InChI=1S/C19H26N2O2S/c1-14-2-4-15(5-3-14)18(22)20-17-8-6-16(7-9-17)19(23)21-10-12-24-13-11-21/h2-5,16-17H,6-13H2,1H3,(H,20,22). The van der Waals surface area contributed by atoms with Gasteiger partial charge in [-0.05, 0) is 44.7 Å². The van der Waals surface area contributed by atoms with Crippen LogP contribution in [0.3, 0.4) is 0 Å². The van der Waals surface area contributed by atoms with Crippen molar-refractivity contribution in [2.75, 3.05) is 24.6 Å². The zero-order chi connectivity index (χ0) is 16.9. The number of amides is 2. The van der Waals surface area contributed by atoms with Gasteiger partial charge in [-0.2, -0.15) is 11.8 Å². The summed E-state index contributed by atoms with van der Waals surface area (Å²) in [7, 11) is 0. The highest BCUT2D eigenvalue weighted by Crippen LogP contribution is 2.27. The molecular weight excluding hydrogens is 320 g/mol. The lowest BCUT2D eigenvalue weighted by Gasteiger charge is -2.34. The smallest absolute Gasteiger partial charge is 0.251 e. The Kier molecular flexibility index (Phi) is 5.82. The highest BCUT2D eigenvalue weighted by molar-refractivity contribution is 7.99. The minimum Gasteiger partial charge on any atom is -0.349 e. The first-order chi connectivity index (χ1) is 11.6. The SMILES string of the molecule is Cc1ccc(C(=O)NC2CCC(C(=O)N3CCSCC3)CC2)cc1. The number of hydrogen-bond donors (Lipinski definition) is 1. The average molecular weight is 346 g/mol. The molecule has 3 rings (SSSR count). The van der Waals surface area contributed by atoms with Gasteiger partial charge in [-0.25, -0.2) is 0 Å². The second-order valence-corrected chi connectivity index (χ2v) is 8.05. The van der Waals surface area contributed by atoms with E-state index in [0.717, 1.165) is 55.8 Å². The van der Waals surface area contributed by atoms with Gasteiger partial charge in [0.15, 0.2) is 0 Å². The van der Waals surface area contributed by atoms with Crippen molar-refractivity contribution in [2.45, 2.75) is 38.6 Å². The van der Waals surface area contributed by atoms with E-state index in [1.165, 1.54) is 0 Å². The van der Waals surface area contributed by atoms with E-state index < -0.39 is 0 Å². The molecule has 0 spiro atoms. The second-order valence-electron chi connectivity index (χ2n) is 6.83. The van der Waals surface area contributed by atoms with E-state index in [1.807, 2.05) is 47.9 Å². The number of aryl methyl sites for hydroxylation is 1. The van der Waals surface area contributed by atoms with Gasteiger partial charge in [-0.15, -0.1) is 0 Å². The van der Waals surface area contributed by atoms with E-state index in [-0.39, 0.29) is 17.9 Å². The van der Waals surface area contributed by atoms with Crippen LogP contribution in [0.4, 0.5) is 0 Å². The Morgan fingerprint density at radius 1 is 1.04 bits per heavy atom. The minimum absolute atomic E-state index is 0.00201. The predicted octanol–water partition coefficient (Wildman–Crippen LogP) is 2.86. The van der Waals surface area contributed by atoms with Gasteiger partial charge in [-0.1, -0.05) is 17.7 Å². The van der Waals surface area contributed by atoms with E-state index in [4.69, 9.17) is 0 Å². The third-order valence-corrected chi connectivity index (χ3v) is 5.99. The van der Waals surface area contributed by atoms with Crippen molar-refractivity contribution in [3.8, 4) is 0 Å². The Morgan fingerprint density at radius 2 is 1.67 bits per heavy atom. The fourth-order valence-electron chi connectivity index (χ4n) is 3.50. The molecule has 1 saturated carbocycles. The van der Waals surface area contributed by atoms with Crippen molar-refractivity contribution >= 4 is 23.6 Å². The Hall–Kier alpha value is -1.49. The van der Waals surface area contributed by atoms with Crippen molar-refractivity contribution in [3.05, 3.63) is 35.4 Å². The van der Waals surface area contributed by atoms with Gasteiger partial charge >= 0.3 is 0 Å². The number of thioether (sulfide) groups is 1. The summed E-state index contributed by atoms with van der Waals surface area (Å²) in [5.41, 5.74) is 1.87. The van der Waals surface area contributed by atoms with E-state index >= 15 is 0 Å². The van der Waals surface area contributed by atoms with Crippen LogP contribution in [0, 0.1) is 12.8 Å². The third-order valence-electron chi connectivity index (χ3n) is 5.05. The number of carbonyl (C=O) groups is 2. The minimum atomic E-state index is -0.00201. The molecule has 0 atom stereocenters. The van der Waals surface area contributed by atoms with Crippen LogP contribution in [0.1, 0.15) is 41.6 Å². The topological polar surface area (TPSA) is 49.4 Å². The largest absolute Gasteiger partial charge is 0.349 e. The molecule has 0 radical (unpaired) electrons. The first kappa shape index (κ1) is 17.3. The lowest BCUT2D eigenvalue weighted by Crippen LogP contribution is -2.44. The summed E-state index contributed by atoms with van der Waals surface area (Å²) < 4.78 is 0. The van der Waals surface area contributed by atoms with Crippen LogP contribution in [0.2, 0.25) is 0 Å². The summed E-state index contributed by atoms with van der Waals surface area (Å²) in [5, 5.41) is 3.13. The molecule has 1 aliphatic carbocycles. The fourth-order valence-corrected chi connectivity index (χ4v) is 4.40. The van der Waals surface area contributed by atoms with Crippen molar-refractivity contribution in [1.82, 2.24) is 10.2 Å². The Bertz CT molecular complexity index is 574. The number of hydrogen-bond acceptors (Lipinski definition) is 3. The molecule has 0 aromatic heterocycles. The Labute approximate surface area is 148 Å². The summed E-state index contributed by atoms with van der Waals surface area (Å²) >= 11 is 1.93. The molecular formula is C19H26N2O2S. The molecule has 1 N–H and O–H groups in total. The summed E-state index contributed by atoms with van der Waals surface area (Å²) in [6.45, 7) is 3.81. The predicted molar refractivity (Wildman–Crippen MR) is 98.3 cm³/mol. The first-order valence-corrected chi connectivity index (χ1v) is 10.0. The van der Waals surface area contributed by atoms with E-state index in [9.17, 15) is 9.59 Å². The Morgan fingerprint density at radius 3 is 2.29 bits per heavy atom. The summed E-state index contributed by atoms with van der Waals surface area (Å²) in [4.78, 5) is 26.9. The normalized spacial score (nSPS) is 24.5. The van der Waals surface area contributed by atoms with E-state index in [0.29, 0.717) is 11.5 Å². The van der Waals surface area contributed by atoms with Gasteiger partial charge in [0, 0.05) is 42.1 Å². The lowest BCUT2D eigenvalue weighted by molar-refractivity contribution is -0.136. The summed E-state index contributed by atoms with van der Waals surface area (Å²) in [6, 6.07) is 7.85. The zero-order valence-corrected chi connectivity index (χ0v) is 15.1. The molecule has 4 nitrogen and oxygen atoms in total. The van der Waals surface area contributed by atoms with Crippen molar-refractivity contribution in [1.29, 1.82) is 0 Å². The highest BCUT2D eigenvalue weighted by Gasteiger charge is 2.30. The molecule has 0 bridgehead atoms. The maximum atomic E-state index is 12.6. The molecule has 130 valence electrons. The van der Waals surface area contributed by atoms with E-state index in [2.05, 4.69) is 5.32 Å². The summed E-state index contributed by atoms with van der Waals surface area (Å²) in [6.07, 6.45) is 3.58. The van der Waals surface area contributed by atoms with Crippen LogP contribution in [-0.2, 0) is 4.79 Å². The number of benzene rings is 1. The van der Waals surface area contributed by atoms with Crippen LogP contribution in [0.5, 0.6) is 0 Å². The third kappa shape index (κ3) is 4.32. The van der Waals surface area contributed by atoms with Gasteiger partial charge in [0.1, 0.15) is 0 Å². The number of nitrogens with zero attached hydrogens (tertiary/aromatic N) is 1. The van der Waals surface area contributed by atoms with Gasteiger partial charge < -0.3 is 10.2 Å². The Balaban J connectivity index is 1.47. The van der Waals surface area contributed by atoms with Crippen LogP contribution in [0.15, 0.2) is 24.3 Å². The quantitative estimate of drug-likeness (QED) is 0.915. The molecule has 2 amide bonds. The van der Waals surface area contributed by atoms with Crippen molar-refractivity contribution < 1.29 is 9.59 Å². The molecule has 0 unspecified atom stereocenters. The molecule has 1 saturated heterocycles.